The van der Waals surface area contributed by atoms with Gasteiger partial charge in [-0.05, 0) is 49.2 Å². The van der Waals surface area contributed by atoms with Gasteiger partial charge in [0.1, 0.15) is 11.3 Å². The van der Waals surface area contributed by atoms with Gasteiger partial charge in [-0.3, -0.25) is 19.6 Å². The number of hydrogen-bond donors (Lipinski definition) is 4. The molecule has 2 heterocycles. The monoisotopic (exact) mass is 505 g/mol. The Labute approximate surface area is 202 Å². The van der Waals surface area contributed by atoms with Crippen molar-refractivity contribution in [2.45, 2.75) is 31.1 Å². The number of pyridine rings is 2. The quantitative estimate of drug-likeness (QED) is 0.383. The highest BCUT2D eigenvalue weighted by atomic mass is 35.5. The lowest BCUT2D eigenvalue weighted by atomic mass is 10.1. The highest BCUT2D eigenvalue weighted by Crippen LogP contribution is 2.38. The SMILES string of the molecule is O=C(NC1(C(=O)NCc2ccc(Nc3ccc(Cl)cc3C(F)(F)F)cn2)CC1)c1cncc(O)c1. The number of halogens is 4. The van der Waals surface area contributed by atoms with Crippen LogP contribution in [0, 0.1) is 0 Å². The van der Waals surface area contributed by atoms with Gasteiger partial charge in [0, 0.05) is 11.2 Å². The van der Waals surface area contributed by atoms with Gasteiger partial charge in [-0.25, -0.2) is 0 Å². The van der Waals surface area contributed by atoms with Crippen molar-refractivity contribution < 1.29 is 27.9 Å². The Balaban J connectivity index is 1.35. The topological polar surface area (TPSA) is 116 Å². The first kappa shape index (κ1) is 24.3. The first-order valence-corrected chi connectivity index (χ1v) is 10.8. The smallest absolute Gasteiger partial charge is 0.418 e. The molecule has 1 saturated carbocycles. The van der Waals surface area contributed by atoms with E-state index in [-0.39, 0.29) is 34.5 Å². The Bertz CT molecular complexity index is 1260. The molecule has 0 bridgehead atoms. The number of nitrogens with one attached hydrogen (secondary N) is 3. The maximum Gasteiger partial charge on any atom is 0.418 e. The third-order valence-electron chi connectivity index (χ3n) is 5.34. The number of carbonyl (C=O) groups is 2. The summed E-state index contributed by atoms with van der Waals surface area (Å²) in [7, 11) is 0. The van der Waals surface area contributed by atoms with Crippen LogP contribution in [0.25, 0.3) is 0 Å². The first-order valence-electron chi connectivity index (χ1n) is 10.4. The number of aromatic hydroxyl groups is 1. The van der Waals surface area contributed by atoms with E-state index in [4.69, 9.17) is 11.6 Å². The average Bonchev–Trinajstić information content (AvgIpc) is 3.59. The van der Waals surface area contributed by atoms with Gasteiger partial charge in [0.05, 0.1) is 47.1 Å². The van der Waals surface area contributed by atoms with E-state index in [9.17, 15) is 27.9 Å². The number of carbonyl (C=O) groups excluding carboxylic acids is 2. The maximum absolute atomic E-state index is 13.3. The molecule has 4 rings (SSSR count). The molecule has 182 valence electrons. The molecule has 2 amide bonds. The Morgan fingerprint density at radius 3 is 2.49 bits per heavy atom. The molecule has 0 aliphatic heterocycles. The van der Waals surface area contributed by atoms with Crippen molar-refractivity contribution in [3.8, 4) is 5.75 Å². The van der Waals surface area contributed by atoms with Crippen molar-refractivity contribution in [3.05, 3.63) is 76.8 Å². The fourth-order valence-corrected chi connectivity index (χ4v) is 3.51. The maximum atomic E-state index is 13.3. The minimum Gasteiger partial charge on any atom is -0.506 e. The number of aromatic nitrogens is 2. The summed E-state index contributed by atoms with van der Waals surface area (Å²) >= 11 is 5.70. The second-order valence-electron chi connectivity index (χ2n) is 8.00. The van der Waals surface area contributed by atoms with E-state index >= 15 is 0 Å². The highest BCUT2D eigenvalue weighted by molar-refractivity contribution is 6.30. The summed E-state index contributed by atoms with van der Waals surface area (Å²) in [6.45, 7) is 0.0547. The molecule has 0 spiro atoms. The molecule has 35 heavy (non-hydrogen) atoms. The van der Waals surface area contributed by atoms with Crippen LogP contribution in [0.3, 0.4) is 0 Å². The van der Waals surface area contributed by atoms with Crippen LogP contribution in [0.5, 0.6) is 5.75 Å². The van der Waals surface area contributed by atoms with E-state index < -0.39 is 23.2 Å². The number of amides is 2. The summed E-state index contributed by atoms with van der Waals surface area (Å²) in [6.07, 6.45) is 0.140. The Kier molecular flexibility index (Phi) is 6.53. The van der Waals surface area contributed by atoms with Gasteiger partial charge in [-0.2, -0.15) is 13.2 Å². The van der Waals surface area contributed by atoms with E-state index in [1.54, 1.807) is 6.07 Å². The molecule has 2 aromatic heterocycles. The van der Waals surface area contributed by atoms with E-state index in [1.165, 1.54) is 42.9 Å². The van der Waals surface area contributed by atoms with Crippen LogP contribution in [-0.4, -0.2) is 32.4 Å². The minimum atomic E-state index is -4.59. The van der Waals surface area contributed by atoms with Gasteiger partial charge in [0.15, 0.2) is 0 Å². The lowest BCUT2D eigenvalue weighted by Crippen LogP contribution is -2.48. The number of benzene rings is 1. The molecule has 1 fully saturated rings. The summed E-state index contributed by atoms with van der Waals surface area (Å²) in [5.74, 6) is -1.09. The minimum absolute atomic E-state index is 0.0321. The van der Waals surface area contributed by atoms with Gasteiger partial charge < -0.3 is 21.1 Å². The summed E-state index contributed by atoms with van der Waals surface area (Å²) in [5, 5.41) is 17.5. The lowest BCUT2D eigenvalue weighted by Gasteiger charge is -2.17. The molecule has 3 aromatic rings. The zero-order valence-electron chi connectivity index (χ0n) is 18.0. The molecule has 0 radical (unpaired) electrons. The van der Waals surface area contributed by atoms with Crippen LogP contribution in [0.4, 0.5) is 24.5 Å². The van der Waals surface area contributed by atoms with E-state index in [0.29, 0.717) is 24.2 Å². The number of hydrogen-bond acceptors (Lipinski definition) is 6. The second kappa shape index (κ2) is 9.41. The predicted octanol–water partition coefficient (Wildman–Crippen LogP) is 4.18. The molecule has 12 heteroatoms. The largest absolute Gasteiger partial charge is 0.506 e. The van der Waals surface area contributed by atoms with Crippen LogP contribution in [0.2, 0.25) is 5.02 Å². The molecular weight excluding hydrogens is 487 g/mol. The van der Waals surface area contributed by atoms with E-state index in [2.05, 4.69) is 25.9 Å². The molecule has 1 aliphatic carbocycles. The van der Waals surface area contributed by atoms with Gasteiger partial charge in [-0.15, -0.1) is 0 Å². The van der Waals surface area contributed by atoms with Crippen LogP contribution < -0.4 is 16.0 Å². The van der Waals surface area contributed by atoms with Crippen LogP contribution in [-0.2, 0) is 17.5 Å². The van der Waals surface area contributed by atoms with Crippen molar-refractivity contribution in [1.82, 2.24) is 20.6 Å². The van der Waals surface area contributed by atoms with Crippen LogP contribution in [0.15, 0.2) is 55.0 Å². The van der Waals surface area contributed by atoms with Crippen molar-refractivity contribution in [1.29, 1.82) is 0 Å². The van der Waals surface area contributed by atoms with Gasteiger partial charge >= 0.3 is 6.18 Å². The fraction of sp³-hybridized carbons (Fsp3) is 0.217. The van der Waals surface area contributed by atoms with Crippen molar-refractivity contribution >= 4 is 34.8 Å². The van der Waals surface area contributed by atoms with Crippen molar-refractivity contribution in [2.24, 2.45) is 0 Å². The third kappa shape index (κ3) is 5.80. The summed E-state index contributed by atoms with van der Waals surface area (Å²) in [5.41, 5.74) is -1.21. The van der Waals surface area contributed by atoms with Gasteiger partial charge in [0.25, 0.3) is 5.91 Å². The third-order valence-corrected chi connectivity index (χ3v) is 5.58. The first-order chi connectivity index (χ1) is 16.6. The standard InChI is InChI=1S/C23H19ClF3N5O3/c24-14-1-4-19(18(8-14)23(25,26)27)31-16-3-2-15(29-11-16)10-30-21(35)22(5-6-22)32-20(34)13-7-17(33)12-28-9-13/h1-4,7-9,11-12,31,33H,5-6,10H2,(H,30,35)(H,32,34). The van der Waals surface area contributed by atoms with Crippen molar-refractivity contribution in [3.63, 3.8) is 0 Å². The molecule has 4 N–H and O–H groups in total. The highest BCUT2D eigenvalue weighted by Gasteiger charge is 2.51. The van der Waals surface area contributed by atoms with E-state index in [0.717, 1.165) is 6.07 Å². The predicted molar refractivity (Wildman–Crippen MR) is 121 cm³/mol. The van der Waals surface area contributed by atoms with Gasteiger partial charge in [-0.1, -0.05) is 11.6 Å². The normalized spacial score (nSPS) is 14.2. The Hall–Kier alpha value is -3.86. The zero-order chi connectivity index (χ0) is 25.2. The molecule has 8 nitrogen and oxygen atoms in total. The molecule has 1 aromatic carbocycles. The molecule has 0 saturated heterocycles. The zero-order valence-corrected chi connectivity index (χ0v) is 18.7. The molecule has 1 aliphatic rings. The van der Waals surface area contributed by atoms with Crippen LogP contribution >= 0.6 is 11.6 Å². The Morgan fingerprint density at radius 1 is 1.09 bits per heavy atom. The molecule has 0 unspecified atom stereocenters. The van der Waals surface area contributed by atoms with E-state index in [1.807, 2.05) is 0 Å². The second-order valence-corrected chi connectivity index (χ2v) is 8.44. The van der Waals surface area contributed by atoms with Crippen molar-refractivity contribution in [2.75, 3.05) is 5.32 Å². The molecule has 0 atom stereocenters. The number of rotatable bonds is 7. The van der Waals surface area contributed by atoms with Crippen LogP contribution in [0.1, 0.15) is 34.5 Å². The summed E-state index contributed by atoms with van der Waals surface area (Å²) in [6, 6.07) is 7.76. The summed E-state index contributed by atoms with van der Waals surface area (Å²) < 4.78 is 39.8. The summed E-state index contributed by atoms with van der Waals surface area (Å²) in [4.78, 5) is 33.0. The number of alkyl halides is 3. The Morgan fingerprint density at radius 2 is 1.86 bits per heavy atom. The average molecular weight is 506 g/mol. The fourth-order valence-electron chi connectivity index (χ4n) is 3.33. The number of anilines is 2. The lowest BCUT2D eigenvalue weighted by molar-refractivity contribution is -0.137. The number of nitrogens with zero attached hydrogens (tertiary/aromatic N) is 2. The van der Waals surface area contributed by atoms with Gasteiger partial charge in [0.2, 0.25) is 5.91 Å². The molecular formula is C23H19ClF3N5O3.